The van der Waals surface area contributed by atoms with Crippen LogP contribution in [0.5, 0.6) is 0 Å². The number of hydrogen-bond donors (Lipinski definition) is 1. The molecule has 0 unspecified atom stereocenters. The molecule has 1 fully saturated rings. The van der Waals surface area contributed by atoms with Crippen LogP contribution in [-0.2, 0) is 0 Å². The van der Waals surface area contributed by atoms with Crippen molar-refractivity contribution in [3.63, 3.8) is 0 Å². The van der Waals surface area contributed by atoms with E-state index in [0.29, 0.717) is 0 Å². The van der Waals surface area contributed by atoms with Gasteiger partial charge in [-0.3, -0.25) is 4.98 Å². The van der Waals surface area contributed by atoms with Gasteiger partial charge in [-0.2, -0.15) is 0 Å². The van der Waals surface area contributed by atoms with Crippen LogP contribution in [0.4, 0.5) is 5.82 Å². The first kappa shape index (κ1) is 14.1. The lowest BCUT2D eigenvalue weighted by atomic mass is 10.2. The zero-order valence-corrected chi connectivity index (χ0v) is 13.5. The summed E-state index contributed by atoms with van der Waals surface area (Å²) in [7, 11) is 0. The molecular weight excluding hydrogens is 288 g/mol. The number of aromatic nitrogens is 5. The van der Waals surface area contributed by atoms with Gasteiger partial charge in [-0.05, 0) is 25.0 Å². The summed E-state index contributed by atoms with van der Waals surface area (Å²) in [4.78, 5) is 24.0. The summed E-state index contributed by atoms with van der Waals surface area (Å²) in [6.45, 7) is 6.33. The molecule has 4 heterocycles. The molecule has 0 aromatic carbocycles. The maximum atomic E-state index is 4.82. The fourth-order valence-electron chi connectivity index (χ4n) is 2.96. The Morgan fingerprint density at radius 2 is 1.78 bits per heavy atom. The van der Waals surface area contributed by atoms with E-state index in [-0.39, 0.29) is 5.92 Å². The molecule has 0 atom stereocenters. The van der Waals surface area contributed by atoms with Crippen LogP contribution in [0.15, 0.2) is 24.5 Å². The molecule has 1 saturated heterocycles. The van der Waals surface area contributed by atoms with Gasteiger partial charge in [-0.1, -0.05) is 13.8 Å². The summed E-state index contributed by atoms with van der Waals surface area (Å²) in [6, 6.07) is 3.90. The summed E-state index contributed by atoms with van der Waals surface area (Å²) in [5.41, 5.74) is 2.69. The van der Waals surface area contributed by atoms with Crippen LogP contribution in [0.3, 0.4) is 0 Å². The van der Waals surface area contributed by atoms with E-state index in [9.17, 15) is 0 Å². The highest BCUT2D eigenvalue weighted by atomic mass is 15.2. The lowest BCUT2D eigenvalue weighted by molar-refractivity contribution is 0.773. The van der Waals surface area contributed by atoms with Gasteiger partial charge >= 0.3 is 0 Å². The second-order valence-corrected chi connectivity index (χ2v) is 6.27. The van der Waals surface area contributed by atoms with Crippen LogP contribution in [0.25, 0.3) is 22.6 Å². The molecule has 0 radical (unpaired) electrons. The van der Waals surface area contributed by atoms with Crippen molar-refractivity contribution in [2.24, 2.45) is 0 Å². The predicted octanol–water partition coefficient (Wildman–Crippen LogP) is 3.14. The summed E-state index contributed by atoms with van der Waals surface area (Å²) < 4.78 is 0. The fraction of sp³-hybridized carbons (Fsp3) is 0.412. The Morgan fingerprint density at radius 1 is 1.04 bits per heavy atom. The zero-order valence-electron chi connectivity index (χ0n) is 13.5. The number of fused-ring (bicyclic) bond motifs is 1. The van der Waals surface area contributed by atoms with Crippen molar-refractivity contribution in [1.82, 2.24) is 24.9 Å². The number of imidazole rings is 1. The van der Waals surface area contributed by atoms with Crippen LogP contribution in [0.1, 0.15) is 38.4 Å². The number of H-pyrrole nitrogens is 1. The van der Waals surface area contributed by atoms with Crippen molar-refractivity contribution in [1.29, 1.82) is 0 Å². The molecular formula is C17H20N6. The number of pyridine rings is 1. The van der Waals surface area contributed by atoms with Crippen LogP contribution in [0.2, 0.25) is 0 Å². The molecule has 0 saturated carbocycles. The number of hydrogen-bond acceptors (Lipinski definition) is 5. The highest BCUT2D eigenvalue weighted by Gasteiger charge is 2.21. The first-order chi connectivity index (χ1) is 11.2. The van der Waals surface area contributed by atoms with E-state index >= 15 is 0 Å². The van der Waals surface area contributed by atoms with Gasteiger partial charge in [-0.25, -0.2) is 15.0 Å². The number of nitrogens with one attached hydrogen (secondary N) is 1. The van der Waals surface area contributed by atoms with E-state index in [2.05, 4.69) is 33.7 Å². The average Bonchev–Trinajstić information content (AvgIpc) is 3.24. The molecule has 1 N–H and O–H groups in total. The Bertz CT molecular complexity index is 818. The van der Waals surface area contributed by atoms with E-state index in [1.165, 1.54) is 12.8 Å². The number of nitrogens with zero attached hydrogens (tertiary/aromatic N) is 5. The molecule has 6 heteroatoms. The predicted molar refractivity (Wildman–Crippen MR) is 90.5 cm³/mol. The van der Waals surface area contributed by atoms with Crippen LogP contribution < -0.4 is 4.90 Å². The molecule has 4 rings (SSSR count). The Kier molecular flexibility index (Phi) is 3.44. The maximum absolute atomic E-state index is 4.82. The summed E-state index contributed by atoms with van der Waals surface area (Å²) in [6.07, 6.45) is 5.98. The molecule has 1 aliphatic heterocycles. The molecule has 0 amide bonds. The highest BCUT2D eigenvalue weighted by molar-refractivity contribution is 5.86. The van der Waals surface area contributed by atoms with E-state index < -0.39 is 0 Å². The standard InChI is InChI=1S/C17H20N6/c1-11(2)14-20-16-13(17(22-14)23-9-3-4-10-23)19-15(21-16)12-5-7-18-8-6-12/h5-8,11H,3-4,9-10H2,1-2H3,(H,19,20,21,22). The third-order valence-corrected chi connectivity index (χ3v) is 4.22. The quantitative estimate of drug-likeness (QED) is 0.805. The Hall–Kier alpha value is -2.50. The van der Waals surface area contributed by atoms with E-state index in [0.717, 1.165) is 47.3 Å². The minimum atomic E-state index is 0.279. The van der Waals surface area contributed by atoms with Crippen molar-refractivity contribution < 1.29 is 0 Å². The lowest BCUT2D eigenvalue weighted by Crippen LogP contribution is -2.20. The Morgan fingerprint density at radius 3 is 2.48 bits per heavy atom. The minimum Gasteiger partial charge on any atom is -0.355 e. The molecule has 0 bridgehead atoms. The molecule has 6 nitrogen and oxygen atoms in total. The minimum absolute atomic E-state index is 0.279. The van der Waals surface area contributed by atoms with Gasteiger partial charge in [0.05, 0.1) is 0 Å². The molecule has 0 aliphatic carbocycles. The molecule has 1 aliphatic rings. The normalized spacial score (nSPS) is 15.0. The van der Waals surface area contributed by atoms with Gasteiger partial charge in [0.25, 0.3) is 0 Å². The first-order valence-electron chi connectivity index (χ1n) is 8.15. The first-order valence-corrected chi connectivity index (χ1v) is 8.15. The third kappa shape index (κ3) is 2.54. The number of anilines is 1. The highest BCUT2D eigenvalue weighted by Crippen LogP contribution is 2.29. The molecule has 0 spiro atoms. The van der Waals surface area contributed by atoms with Crippen molar-refractivity contribution in [2.45, 2.75) is 32.6 Å². The SMILES string of the molecule is CC(C)c1nc(N2CCCC2)c2[nH]c(-c3ccncc3)nc2n1. The fourth-order valence-corrected chi connectivity index (χ4v) is 2.96. The summed E-state index contributed by atoms with van der Waals surface area (Å²) in [5, 5.41) is 0. The van der Waals surface area contributed by atoms with Crippen LogP contribution in [-0.4, -0.2) is 38.0 Å². The van der Waals surface area contributed by atoms with Crippen molar-refractivity contribution in [3.8, 4) is 11.4 Å². The molecule has 118 valence electrons. The monoisotopic (exact) mass is 308 g/mol. The van der Waals surface area contributed by atoms with Gasteiger partial charge in [-0.15, -0.1) is 0 Å². The molecule has 3 aromatic heterocycles. The van der Waals surface area contributed by atoms with Gasteiger partial charge in [0.1, 0.15) is 17.2 Å². The van der Waals surface area contributed by atoms with Crippen LogP contribution in [0, 0.1) is 0 Å². The second-order valence-electron chi connectivity index (χ2n) is 6.27. The Balaban J connectivity index is 1.89. The third-order valence-electron chi connectivity index (χ3n) is 4.22. The van der Waals surface area contributed by atoms with Gasteiger partial charge < -0.3 is 9.88 Å². The average molecular weight is 308 g/mol. The van der Waals surface area contributed by atoms with Crippen molar-refractivity contribution >= 4 is 17.0 Å². The van der Waals surface area contributed by atoms with Gasteiger partial charge in [0, 0.05) is 37.0 Å². The Labute approximate surface area is 135 Å². The zero-order chi connectivity index (χ0) is 15.8. The summed E-state index contributed by atoms with van der Waals surface area (Å²) in [5.74, 6) is 2.94. The van der Waals surface area contributed by atoms with Crippen molar-refractivity contribution in [2.75, 3.05) is 18.0 Å². The van der Waals surface area contributed by atoms with E-state index in [1.54, 1.807) is 12.4 Å². The summed E-state index contributed by atoms with van der Waals surface area (Å²) >= 11 is 0. The number of aromatic amines is 1. The van der Waals surface area contributed by atoms with Gasteiger partial charge in [0.15, 0.2) is 11.5 Å². The van der Waals surface area contributed by atoms with Gasteiger partial charge in [0.2, 0.25) is 0 Å². The lowest BCUT2D eigenvalue weighted by Gasteiger charge is -2.18. The second kappa shape index (κ2) is 5.61. The van der Waals surface area contributed by atoms with E-state index in [4.69, 9.17) is 9.97 Å². The van der Waals surface area contributed by atoms with E-state index in [1.807, 2.05) is 12.1 Å². The maximum Gasteiger partial charge on any atom is 0.183 e. The smallest absolute Gasteiger partial charge is 0.183 e. The molecule has 3 aromatic rings. The number of rotatable bonds is 3. The van der Waals surface area contributed by atoms with Crippen molar-refractivity contribution in [3.05, 3.63) is 30.4 Å². The van der Waals surface area contributed by atoms with Crippen LogP contribution >= 0.6 is 0 Å². The molecule has 23 heavy (non-hydrogen) atoms. The largest absolute Gasteiger partial charge is 0.355 e. The topological polar surface area (TPSA) is 70.6 Å².